The van der Waals surface area contributed by atoms with Crippen LogP contribution in [0.15, 0.2) is 53.9 Å². The molecule has 0 spiro atoms. The highest BCUT2D eigenvalue weighted by Crippen LogP contribution is 2.27. The van der Waals surface area contributed by atoms with Gasteiger partial charge >= 0.3 is 6.03 Å². The number of hydrogen-bond acceptors (Lipinski definition) is 4. The number of carbonyl (C=O) groups is 1. The summed E-state index contributed by atoms with van der Waals surface area (Å²) in [7, 11) is 5.74. The lowest BCUT2D eigenvalue weighted by atomic mass is 10.0. The van der Waals surface area contributed by atoms with E-state index in [1.54, 1.807) is 18.4 Å². The molecule has 1 aromatic heterocycles. The largest absolute Gasteiger partial charge is 0.497 e. The van der Waals surface area contributed by atoms with Crippen molar-refractivity contribution < 1.29 is 9.53 Å². The average Bonchev–Trinajstić information content (AvgIpc) is 3.12. The molecule has 3 aromatic rings. The Labute approximate surface area is 170 Å². The second-order valence-electron chi connectivity index (χ2n) is 6.99. The third-order valence-corrected chi connectivity index (χ3v) is 5.87. The Morgan fingerprint density at radius 2 is 1.86 bits per heavy atom. The van der Waals surface area contributed by atoms with Crippen molar-refractivity contribution in [3.05, 3.63) is 65.0 Å². The van der Waals surface area contributed by atoms with E-state index in [0.29, 0.717) is 13.1 Å². The first kappa shape index (κ1) is 20.2. The van der Waals surface area contributed by atoms with Gasteiger partial charge in [-0.1, -0.05) is 30.3 Å². The van der Waals surface area contributed by atoms with Crippen molar-refractivity contribution in [1.29, 1.82) is 0 Å². The Balaban J connectivity index is 1.52. The van der Waals surface area contributed by atoms with E-state index < -0.39 is 0 Å². The maximum atomic E-state index is 12.2. The highest BCUT2D eigenvalue weighted by molar-refractivity contribution is 7.17. The van der Waals surface area contributed by atoms with Gasteiger partial charge in [-0.15, -0.1) is 11.3 Å². The molecule has 0 bridgehead atoms. The maximum Gasteiger partial charge on any atom is 0.315 e. The lowest BCUT2D eigenvalue weighted by molar-refractivity contribution is 0.231. The first-order chi connectivity index (χ1) is 13.6. The number of urea groups is 1. The van der Waals surface area contributed by atoms with Crippen LogP contribution >= 0.6 is 11.3 Å². The molecule has 1 heterocycles. The van der Waals surface area contributed by atoms with Crippen molar-refractivity contribution in [2.24, 2.45) is 0 Å². The number of benzene rings is 2. The minimum absolute atomic E-state index is 0.155. The van der Waals surface area contributed by atoms with Crippen molar-refractivity contribution in [1.82, 2.24) is 15.5 Å². The highest BCUT2D eigenvalue weighted by atomic mass is 32.1. The molecule has 0 aliphatic rings. The van der Waals surface area contributed by atoms with Crippen molar-refractivity contribution in [3.8, 4) is 5.75 Å². The molecule has 2 amide bonds. The zero-order valence-corrected chi connectivity index (χ0v) is 17.4. The van der Waals surface area contributed by atoms with Crippen molar-refractivity contribution in [2.45, 2.75) is 19.0 Å². The second-order valence-corrected chi connectivity index (χ2v) is 7.90. The molecule has 6 heteroatoms. The minimum atomic E-state index is -0.155. The summed E-state index contributed by atoms with van der Waals surface area (Å²) >= 11 is 1.77. The van der Waals surface area contributed by atoms with Gasteiger partial charge in [0.05, 0.1) is 7.11 Å². The second kappa shape index (κ2) is 9.57. The van der Waals surface area contributed by atoms with Crippen LogP contribution in [0.1, 0.15) is 11.1 Å². The Morgan fingerprint density at radius 3 is 2.57 bits per heavy atom. The fraction of sp³-hybridized carbons (Fsp3) is 0.318. The molecule has 1 atom stereocenters. The Morgan fingerprint density at radius 1 is 1.11 bits per heavy atom. The summed E-state index contributed by atoms with van der Waals surface area (Å²) in [5, 5.41) is 9.45. The van der Waals surface area contributed by atoms with E-state index >= 15 is 0 Å². The van der Waals surface area contributed by atoms with Gasteiger partial charge in [-0.2, -0.15) is 0 Å². The van der Waals surface area contributed by atoms with Gasteiger partial charge < -0.3 is 20.3 Å². The minimum Gasteiger partial charge on any atom is -0.497 e. The molecule has 2 aromatic carbocycles. The van der Waals surface area contributed by atoms with Gasteiger partial charge in [-0.05, 0) is 60.6 Å². The summed E-state index contributed by atoms with van der Waals surface area (Å²) in [6.07, 6.45) is 0.899. The summed E-state index contributed by atoms with van der Waals surface area (Å²) in [6.45, 7) is 1.07. The van der Waals surface area contributed by atoms with Gasteiger partial charge in [0, 0.05) is 23.8 Å². The number of rotatable bonds is 8. The monoisotopic (exact) mass is 397 g/mol. The maximum absolute atomic E-state index is 12.2. The molecule has 0 aliphatic heterocycles. The normalized spacial score (nSPS) is 12.1. The molecule has 3 rings (SSSR count). The van der Waals surface area contributed by atoms with Crippen LogP contribution < -0.4 is 15.4 Å². The number of amides is 2. The number of nitrogens with zero attached hydrogens (tertiary/aromatic N) is 1. The molecule has 0 radical (unpaired) electrons. The molecule has 0 saturated carbocycles. The third kappa shape index (κ3) is 5.24. The predicted molar refractivity (Wildman–Crippen MR) is 116 cm³/mol. The predicted octanol–water partition coefficient (Wildman–Crippen LogP) is 3.88. The van der Waals surface area contributed by atoms with Gasteiger partial charge in [-0.3, -0.25) is 0 Å². The fourth-order valence-corrected chi connectivity index (χ4v) is 4.06. The van der Waals surface area contributed by atoms with Gasteiger partial charge in [0.15, 0.2) is 0 Å². The molecule has 148 valence electrons. The molecule has 2 N–H and O–H groups in total. The number of methoxy groups -OCH3 is 1. The molecule has 0 aliphatic carbocycles. The Bertz CT molecular complexity index is 906. The van der Waals surface area contributed by atoms with E-state index in [1.807, 2.05) is 24.3 Å². The number of nitrogens with one attached hydrogen (secondary N) is 2. The lowest BCUT2D eigenvalue weighted by Gasteiger charge is -2.24. The Kier molecular flexibility index (Phi) is 6.90. The molecule has 0 fully saturated rings. The number of carbonyl (C=O) groups excluding carboxylic acids is 1. The van der Waals surface area contributed by atoms with Gasteiger partial charge in [-0.25, -0.2) is 4.79 Å². The lowest BCUT2D eigenvalue weighted by Crippen LogP contribution is -2.44. The van der Waals surface area contributed by atoms with Crippen molar-refractivity contribution in [3.63, 3.8) is 0 Å². The van der Waals surface area contributed by atoms with Crippen LogP contribution in [0.25, 0.3) is 10.1 Å². The molecule has 0 saturated heterocycles. The standard InChI is InChI=1S/C22H27N3O2S/c1-25(2)18(12-17-15-28-21-7-5-4-6-20(17)21)14-24-22(26)23-13-16-8-10-19(27-3)11-9-16/h4-11,15,18H,12-14H2,1-3H3,(H2,23,24,26). The summed E-state index contributed by atoms with van der Waals surface area (Å²) in [6, 6.07) is 16.2. The van der Waals surface area contributed by atoms with E-state index in [0.717, 1.165) is 17.7 Å². The first-order valence-electron chi connectivity index (χ1n) is 9.33. The van der Waals surface area contributed by atoms with E-state index in [9.17, 15) is 4.79 Å². The molecule has 5 nitrogen and oxygen atoms in total. The third-order valence-electron chi connectivity index (χ3n) is 4.86. The zero-order valence-electron chi connectivity index (χ0n) is 16.6. The van der Waals surface area contributed by atoms with Crippen molar-refractivity contribution in [2.75, 3.05) is 27.7 Å². The van der Waals surface area contributed by atoms with Crippen LogP contribution in [0.2, 0.25) is 0 Å². The number of ether oxygens (including phenoxy) is 1. The SMILES string of the molecule is COc1ccc(CNC(=O)NCC(Cc2csc3ccccc23)N(C)C)cc1. The smallest absolute Gasteiger partial charge is 0.315 e. The summed E-state index contributed by atoms with van der Waals surface area (Å²) < 4.78 is 6.45. The van der Waals surface area contributed by atoms with E-state index in [1.165, 1.54) is 15.6 Å². The average molecular weight is 398 g/mol. The van der Waals surface area contributed by atoms with E-state index in [2.05, 4.69) is 59.3 Å². The van der Waals surface area contributed by atoms with Crippen LogP contribution in [-0.4, -0.2) is 44.7 Å². The topological polar surface area (TPSA) is 53.6 Å². The quantitative estimate of drug-likeness (QED) is 0.606. The van der Waals surface area contributed by atoms with Crippen LogP contribution in [0.3, 0.4) is 0 Å². The highest BCUT2D eigenvalue weighted by Gasteiger charge is 2.16. The van der Waals surface area contributed by atoms with Crippen LogP contribution in [0, 0.1) is 0 Å². The molecular formula is C22H27N3O2S. The van der Waals surface area contributed by atoms with Crippen LogP contribution in [0.4, 0.5) is 4.79 Å². The Hall–Kier alpha value is -2.57. The first-order valence-corrected chi connectivity index (χ1v) is 10.2. The summed E-state index contributed by atoms with van der Waals surface area (Å²) in [4.78, 5) is 14.4. The van der Waals surface area contributed by atoms with Gasteiger partial charge in [0.25, 0.3) is 0 Å². The zero-order chi connectivity index (χ0) is 19.9. The van der Waals surface area contributed by atoms with E-state index in [-0.39, 0.29) is 12.1 Å². The van der Waals surface area contributed by atoms with Crippen molar-refractivity contribution >= 4 is 27.5 Å². The molecule has 28 heavy (non-hydrogen) atoms. The van der Waals surface area contributed by atoms with E-state index in [4.69, 9.17) is 4.74 Å². The fourth-order valence-electron chi connectivity index (χ4n) is 3.08. The van der Waals surface area contributed by atoms with Crippen LogP contribution in [0.5, 0.6) is 5.75 Å². The molecular weight excluding hydrogens is 370 g/mol. The number of thiophene rings is 1. The van der Waals surface area contributed by atoms with Gasteiger partial charge in [0.2, 0.25) is 0 Å². The number of fused-ring (bicyclic) bond motifs is 1. The molecule has 1 unspecified atom stereocenters. The summed E-state index contributed by atoms with van der Waals surface area (Å²) in [5.74, 6) is 0.808. The number of likely N-dealkylation sites (N-methyl/N-ethyl adjacent to an activating group) is 1. The number of hydrogen-bond donors (Lipinski definition) is 2. The van der Waals surface area contributed by atoms with Crippen LogP contribution in [-0.2, 0) is 13.0 Å². The summed E-state index contributed by atoms with van der Waals surface area (Å²) in [5.41, 5.74) is 2.37. The van der Waals surface area contributed by atoms with Gasteiger partial charge in [0.1, 0.15) is 5.75 Å².